The summed E-state index contributed by atoms with van der Waals surface area (Å²) in [5, 5.41) is 11.6. The predicted octanol–water partition coefficient (Wildman–Crippen LogP) is 2.92. The molecule has 0 fully saturated rings. The summed E-state index contributed by atoms with van der Waals surface area (Å²) in [5.74, 6) is -0.886. The van der Waals surface area contributed by atoms with Gasteiger partial charge in [0.25, 0.3) is 0 Å². The first kappa shape index (κ1) is 14.0. The van der Waals surface area contributed by atoms with E-state index in [4.69, 9.17) is 5.11 Å². The smallest absolute Gasteiger partial charge is 0.330 e. The lowest BCUT2D eigenvalue weighted by Gasteiger charge is -2.05. The third kappa shape index (κ3) is 10.9. The summed E-state index contributed by atoms with van der Waals surface area (Å²) in [6.07, 6.45) is 8.76. The lowest BCUT2D eigenvalue weighted by atomic mass is 10.1. The largest absolute Gasteiger partial charge is 0.478 e. The molecular weight excluding hydrogens is 190 g/mol. The first-order valence-corrected chi connectivity index (χ1v) is 5.82. The summed E-state index contributed by atoms with van der Waals surface area (Å²) in [5.41, 5.74) is 0.732. The van der Waals surface area contributed by atoms with Crippen LogP contribution < -0.4 is 5.32 Å². The Morgan fingerprint density at radius 3 is 2.40 bits per heavy atom. The molecular formula is C12H23NO2. The van der Waals surface area contributed by atoms with Crippen LogP contribution in [-0.4, -0.2) is 17.6 Å². The van der Waals surface area contributed by atoms with Gasteiger partial charge in [-0.1, -0.05) is 39.0 Å². The van der Waals surface area contributed by atoms with E-state index >= 15 is 0 Å². The first-order chi connectivity index (χ1) is 7.16. The van der Waals surface area contributed by atoms with Gasteiger partial charge in [-0.05, 0) is 13.3 Å². The fourth-order valence-corrected chi connectivity index (χ4v) is 1.43. The molecule has 0 saturated heterocycles. The fourth-order valence-electron chi connectivity index (χ4n) is 1.43. The Labute approximate surface area is 92.6 Å². The number of nitrogens with one attached hydrogen (secondary N) is 1. The number of carbonyl (C=O) groups is 1. The number of hydrogen-bond acceptors (Lipinski definition) is 2. The van der Waals surface area contributed by atoms with Crippen molar-refractivity contribution in [2.24, 2.45) is 0 Å². The monoisotopic (exact) mass is 213 g/mol. The van der Waals surface area contributed by atoms with Gasteiger partial charge in [-0.2, -0.15) is 0 Å². The average Bonchev–Trinajstić information content (AvgIpc) is 2.15. The molecule has 0 amide bonds. The molecule has 0 radical (unpaired) electrons. The van der Waals surface area contributed by atoms with E-state index in [1.54, 1.807) is 6.92 Å². The maximum Gasteiger partial charge on any atom is 0.330 e. The van der Waals surface area contributed by atoms with Gasteiger partial charge < -0.3 is 10.4 Å². The Hall–Kier alpha value is -0.990. The summed E-state index contributed by atoms with van der Waals surface area (Å²) >= 11 is 0. The summed E-state index contributed by atoms with van der Waals surface area (Å²) in [6, 6.07) is 0. The number of aliphatic carboxylic acids is 1. The molecule has 0 heterocycles. The van der Waals surface area contributed by atoms with Gasteiger partial charge in [-0.25, -0.2) is 4.79 Å². The maximum atomic E-state index is 10.3. The highest BCUT2D eigenvalue weighted by Gasteiger charge is 1.93. The van der Waals surface area contributed by atoms with Crippen molar-refractivity contribution in [3.8, 4) is 0 Å². The zero-order chi connectivity index (χ0) is 11.5. The number of carboxylic acids is 1. The molecule has 0 atom stereocenters. The van der Waals surface area contributed by atoms with E-state index in [9.17, 15) is 4.79 Å². The summed E-state index contributed by atoms with van der Waals surface area (Å²) < 4.78 is 0. The molecule has 0 unspecified atom stereocenters. The van der Waals surface area contributed by atoms with Crippen LogP contribution >= 0.6 is 0 Å². The molecule has 3 nitrogen and oxygen atoms in total. The molecule has 15 heavy (non-hydrogen) atoms. The van der Waals surface area contributed by atoms with Crippen LogP contribution in [0, 0.1) is 0 Å². The van der Waals surface area contributed by atoms with E-state index < -0.39 is 5.97 Å². The molecule has 0 rings (SSSR count). The van der Waals surface area contributed by atoms with Crippen LogP contribution in [0.5, 0.6) is 0 Å². The topological polar surface area (TPSA) is 49.3 Å². The standard InChI is InChI=1S/C12H23NO2/c1-3-4-5-6-7-8-9-13-11(2)10-12(14)15/h10,13H,3-9H2,1-2H3,(H,14,15). The van der Waals surface area contributed by atoms with Gasteiger partial charge in [0.15, 0.2) is 0 Å². The van der Waals surface area contributed by atoms with E-state index in [1.165, 1.54) is 38.2 Å². The van der Waals surface area contributed by atoms with Crippen molar-refractivity contribution in [1.29, 1.82) is 0 Å². The molecule has 3 heteroatoms. The van der Waals surface area contributed by atoms with Crippen molar-refractivity contribution in [3.63, 3.8) is 0 Å². The van der Waals surface area contributed by atoms with Crippen LogP contribution in [-0.2, 0) is 4.79 Å². The van der Waals surface area contributed by atoms with Crippen LogP contribution in [0.15, 0.2) is 11.8 Å². The molecule has 88 valence electrons. The molecule has 0 aliphatic rings. The number of rotatable bonds is 9. The first-order valence-electron chi connectivity index (χ1n) is 5.82. The van der Waals surface area contributed by atoms with E-state index in [0.29, 0.717) is 0 Å². The highest BCUT2D eigenvalue weighted by Crippen LogP contribution is 2.04. The SMILES string of the molecule is CCCCCCCCNC(C)=CC(=O)O. The second kappa shape index (κ2) is 9.56. The van der Waals surface area contributed by atoms with Gasteiger partial charge in [0.2, 0.25) is 0 Å². The van der Waals surface area contributed by atoms with Gasteiger partial charge in [0, 0.05) is 18.3 Å². The molecule has 2 N–H and O–H groups in total. The van der Waals surface area contributed by atoms with Gasteiger partial charge >= 0.3 is 5.97 Å². The Kier molecular flexibility index (Phi) is 8.93. The lowest BCUT2D eigenvalue weighted by Crippen LogP contribution is -2.13. The number of unbranched alkanes of at least 4 members (excludes halogenated alkanes) is 5. The maximum absolute atomic E-state index is 10.3. The number of carboxylic acid groups (broad SMARTS) is 1. The van der Waals surface area contributed by atoms with Crippen LogP contribution in [0.3, 0.4) is 0 Å². The molecule has 0 aromatic carbocycles. The van der Waals surface area contributed by atoms with E-state index in [0.717, 1.165) is 18.7 Å². The van der Waals surface area contributed by atoms with Crippen molar-refractivity contribution in [2.45, 2.75) is 52.4 Å². The summed E-state index contributed by atoms with van der Waals surface area (Å²) in [7, 11) is 0. The van der Waals surface area contributed by atoms with Gasteiger partial charge in [0.05, 0.1) is 0 Å². The minimum atomic E-state index is -0.886. The Morgan fingerprint density at radius 1 is 1.20 bits per heavy atom. The second-order valence-corrected chi connectivity index (χ2v) is 3.86. The average molecular weight is 213 g/mol. The molecule has 0 spiro atoms. The van der Waals surface area contributed by atoms with Crippen LogP contribution in [0.2, 0.25) is 0 Å². The van der Waals surface area contributed by atoms with Crippen LogP contribution in [0.4, 0.5) is 0 Å². The van der Waals surface area contributed by atoms with Crippen LogP contribution in [0.25, 0.3) is 0 Å². The Morgan fingerprint density at radius 2 is 1.80 bits per heavy atom. The normalized spacial score (nSPS) is 11.5. The highest BCUT2D eigenvalue weighted by atomic mass is 16.4. The Bertz CT molecular complexity index is 200. The zero-order valence-electron chi connectivity index (χ0n) is 9.88. The third-order valence-electron chi connectivity index (χ3n) is 2.27. The van der Waals surface area contributed by atoms with Crippen molar-refractivity contribution >= 4 is 5.97 Å². The minimum Gasteiger partial charge on any atom is -0.478 e. The van der Waals surface area contributed by atoms with Crippen LogP contribution in [0.1, 0.15) is 52.4 Å². The molecule has 0 bridgehead atoms. The van der Waals surface area contributed by atoms with E-state index in [2.05, 4.69) is 12.2 Å². The van der Waals surface area contributed by atoms with Gasteiger partial charge in [-0.3, -0.25) is 0 Å². The van der Waals surface area contributed by atoms with E-state index in [-0.39, 0.29) is 0 Å². The van der Waals surface area contributed by atoms with Crippen molar-refractivity contribution in [2.75, 3.05) is 6.54 Å². The lowest BCUT2D eigenvalue weighted by molar-refractivity contribution is -0.131. The zero-order valence-corrected chi connectivity index (χ0v) is 9.88. The summed E-state index contributed by atoms with van der Waals surface area (Å²) in [6.45, 7) is 4.87. The molecule has 0 aromatic rings. The van der Waals surface area contributed by atoms with Crippen molar-refractivity contribution < 1.29 is 9.90 Å². The van der Waals surface area contributed by atoms with Gasteiger partial charge in [0.1, 0.15) is 0 Å². The predicted molar refractivity (Wildman–Crippen MR) is 62.8 cm³/mol. The third-order valence-corrected chi connectivity index (χ3v) is 2.27. The minimum absolute atomic E-state index is 0.732. The molecule has 0 aliphatic carbocycles. The van der Waals surface area contributed by atoms with E-state index in [1.807, 2.05) is 0 Å². The number of allylic oxidation sites excluding steroid dienone is 1. The Balaban J connectivity index is 3.27. The van der Waals surface area contributed by atoms with Gasteiger partial charge in [-0.15, -0.1) is 0 Å². The van der Waals surface area contributed by atoms with Crippen molar-refractivity contribution in [1.82, 2.24) is 5.32 Å². The molecule has 0 aliphatic heterocycles. The number of hydrogen-bond donors (Lipinski definition) is 2. The fraction of sp³-hybridized carbons (Fsp3) is 0.750. The quantitative estimate of drug-likeness (QED) is 0.457. The second-order valence-electron chi connectivity index (χ2n) is 3.86. The van der Waals surface area contributed by atoms with Crippen molar-refractivity contribution in [3.05, 3.63) is 11.8 Å². The molecule has 0 aromatic heterocycles. The highest BCUT2D eigenvalue weighted by molar-refractivity contribution is 5.80. The summed E-state index contributed by atoms with van der Waals surface area (Å²) in [4.78, 5) is 10.3. The molecule has 0 saturated carbocycles.